The Morgan fingerprint density at radius 1 is 0.917 bits per heavy atom. The summed E-state index contributed by atoms with van der Waals surface area (Å²) in [5.41, 5.74) is 2.64. The van der Waals surface area contributed by atoms with Gasteiger partial charge in [0.05, 0.1) is 26.8 Å². The van der Waals surface area contributed by atoms with Crippen molar-refractivity contribution in [3.8, 4) is 17.2 Å². The van der Waals surface area contributed by atoms with E-state index in [4.69, 9.17) is 14.2 Å². The van der Waals surface area contributed by atoms with Crippen LogP contribution in [-0.4, -0.2) is 26.3 Å². The fourth-order valence-electron chi connectivity index (χ4n) is 2.49. The molecule has 0 aliphatic carbocycles. The van der Waals surface area contributed by atoms with Gasteiger partial charge < -0.3 is 19.5 Å². The number of hydrogen-bond acceptors (Lipinski definition) is 5. The number of fused-ring (bicyclic) bond motifs is 1. The molecule has 0 fully saturated rings. The van der Waals surface area contributed by atoms with Crippen LogP contribution in [0, 0.1) is 0 Å². The monoisotopic (exact) mass is 388 g/mol. The van der Waals surface area contributed by atoms with Crippen LogP contribution in [0.2, 0.25) is 0 Å². The second-order valence-corrected chi connectivity index (χ2v) is 6.00. The molecule has 0 bridgehead atoms. The third kappa shape index (κ3) is 3.23. The highest BCUT2D eigenvalue weighted by molar-refractivity contribution is 9.10. The van der Waals surface area contributed by atoms with Gasteiger partial charge in [-0.3, -0.25) is 4.98 Å². The lowest BCUT2D eigenvalue weighted by atomic mass is 10.1. The molecule has 5 nitrogen and oxygen atoms in total. The predicted octanol–water partition coefficient (Wildman–Crippen LogP) is 4.77. The van der Waals surface area contributed by atoms with Crippen molar-refractivity contribution >= 4 is 38.2 Å². The Hall–Kier alpha value is -2.47. The topological polar surface area (TPSA) is 52.6 Å². The minimum Gasteiger partial charge on any atom is -0.497 e. The van der Waals surface area contributed by atoms with E-state index in [1.54, 1.807) is 27.5 Å². The summed E-state index contributed by atoms with van der Waals surface area (Å²) in [6.45, 7) is 0. The van der Waals surface area contributed by atoms with E-state index in [9.17, 15) is 0 Å². The highest BCUT2D eigenvalue weighted by atomic mass is 79.9. The first-order chi connectivity index (χ1) is 11.6. The first-order valence-electron chi connectivity index (χ1n) is 7.27. The van der Waals surface area contributed by atoms with Gasteiger partial charge in [-0.1, -0.05) is 15.9 Å². The molecule has 1 N–H and O–H groups in total. The summed E-state index contributed by atoms with van der Waals surface area (Å²) in [6, 6.07) is 11.5. The molecule has 124 valence electrons. The van der Waals surface area contributed by atoms with Gasteiger partial charge in [0.1, 0.15) is 5.75 Å². The number of rotatable bonds is 5. The molecule has 1 aromatic heterocycles. The number of nitrogens with zero attached hydrogens (tertiary/aromatic N) is 1. The summed E-state index contributed by atoms with van der Waals surface area (Å²) in [7, 11) is 4.87. The first kappa shape index (κ1) is 16.4. The van der Waals surface area contributed by atoms with Gasteiger partial charge in [0.15, 0.2) is 11.5 Å². The maximum Gasteiger partial charge on any atom is 0.162 e. The minimum atomic E-state index is 0.652. The summed E-state index contributed by atoms with van der Waals surface area (Å²) in [5.74, 6) is 2.08. The molecular weight excluding hydrogens is 372 g/mol. The lowest BCUT2D eigenvalue weighted by Gasteiger charge is -2.13. The maximum atomic E-state index is 5.40. The molecule has 0 radical (unpaired) electrons. The van der Waals surface area contributed by atoms with Gasteiger partial charge in [-0.15, -0.1) is 0 Å². The third-order valence-corrected chi connectivity index (χ3v) is 4.09. The van der Waals surface area contributed by atoms with Crippen LogP contribution in [0.3, 0.4) is 0 Å². The van der Waals surface area contributed by atoms with Crippen LogP contribution in [0.15, 0.2) is 47.1 Å². The van der Waals surface area contributed by atoms with Crippen LogP contribution in [0.5, 0.6) is 17.2 Å². The van der Waals surface area contributed by atoms with Crippen LogP contribution in [0.25, 0.3) is 10.9 Å². The number of anilines is 2. The zero-order valence-electron chi connectivity index (χ0n) is 13.6. The van der Waals surface area contributed by atoms with Crippen LogP contribution in [0.4, 0.5) is 11.4 Å². The van der Waals surface area contributed by atoms with Crippen LogP contribution >= 0.6 is 15.9 Å². The van der Waals surface area contributed by atoms with Gasteiger partial charge >= 0.3 is 0 Å². The van der Waals surface area contributed by atoms with Gasteiger partial charge in [-0.25, -0.2) is 0 Å². The van der Waals surface area contributed by atoms with Gasteiger partial charge in [0.25, 0.3) is 0 Å². The highest BCUT2D eigenvalue weighted by Crippen LogP contribution is 2.36. The van der Waals surface area contributed by atoms with E-state index < -0.39 is 0 Å². The van der Waals surface area contributed by atoms with Gasteiger partial charge in [-0.2, -0.15) is 0 Å². The Balaban J connectivity index is 2.08. The Morgan fingerprint density at radius 2 is 1.67 bits per heavy atom. The molecule has 0 aliphatic heterocycles. The molecule has 0 saturated heterocycles. The molecule has 0 unspecified atom stereocenters. The van der Waals surface area contributed by atoms with Crippen molar-refractivity contribution in [1.29, 1.82) is 0 Å². The number of methoxy groups -OCH3 is 3. The van der Waals surface area contributed by atoms with E-state index >= 15 is 0 Å². The zero-order valence-corrected chi connectivity index (χ0v) is 15.2. The molecule has 0 aliphatic rings. The summed E-state index contributed by atoms with van der Waals surface area (Å²) in [6.07, 6.45) is 1.76. The lowest BCUT2D eigenvalue weighted by molar-refractivity contribution is 0.356. The Morgan fingerprint density at radius 3 is 2.38 bits per heavy atom. The van der Waals surface area contributed by atoms with E-state index in [2.05, 4.69) is 26.2 Å². The molecule has 0 saturated carbocycles. The number of aromatic nitrogens is 1. The average Bonchev–Trinajstić information content (AvgIpc) is 2.60. The second-order valence-electron chi connectivity index (χ2n) is 5.09. The van der Waals surface area contributed by atoms with Crippen molar-refractivity contribution in [2.24, 2.45) is 0 Å². The van der Waals surface area contributed by atoms with Crippen LogP contribution in [0.1, 0.15) is 0 Å². The smallest absolute Gasteiger partial charge is 0.162 e. The molecule has 3 rings (SSSR count). The largest absolute Gasteiger partial charge is 0.497 e. The molecule has 6 heteroatoms. The fourth-order valence-corrected chi connectivity index (χ4v) is 2.96. The quantitative estimate of drug-likeness (QED) is 0.682. The summed E-state index contributed by atoms with van der Waals surface area (Å²) >= 11 is 3.49. The number of pyridine rings is 1. The Bertz CT molecular complexity index is 884. The standard InChI is InChI=1S/C18H17BrN2O3/c1-22-13-7-11(19)6-12(8-13)21-15-4-5-20-16-10-18(24-3)17(23-2)9-14(15)16/h4-10H,1-3H3,(H,20,21). The summed E-state index contributed by atoms with van der Waals surface area (Å²) < 4.78 is 17.0. The van der Waals surface area contributed by atoms with Crippen molar-refractivity contribution in [1.82, 2.24) is 4.98 Å². The van der Waals surface area contributed by atoms with E-state index in [1.807, 2.05) is 36.4 Å². The van der Waals surface area contributed by atoms with Crippen molar-refractivity contribution in [3.63, 3.8) is 0 Å². The molecule has 3 aromatic rings. The minimum absolute atomic E-state index is 0.652. The fraction of sp³-hybridized carbons (Fsp3) is 0.167. The van der Waals surface area contributed by atoms with Crippen LogP contribution in [-0.2, 0) is 0 Å². The van der Waals surface area contributed by atoms with Crippen molar-refractivity contribution in [3.05, 3.63) is 47.1 Å². The number of nitrogens with one attached hydrogen (secondary N) is 1. The van der Waals surface area contributed by atoms with Crippen molar-refractivity contribution in [2.45, 2.75) is 0 Å². The number of ether oxygens (including phenoxy) is 3. The molecule has 0 amide bonds. The van der Waals surface area contributed by atoms with E-state index in [-0.39, 0.29) is 0 Å². The Kier molecular flexibility index (Phi) is 4.76. The summed E-state index contributed by atoms with van der Waals surface area (Å²) in [4.78, 5) is 4.41. The van der Waals surface area contributed by atoms with E-state index in [0.717, 1.165) is 32.5 Å². The van der Waals surface area contributed by atoms with Gasteiger partial charge in [0.2, 0.25) is 0 Å². The number of hydrogen-bond donors (Lipinski definition) is 1. The molecule has 24 heavy (non-hydrogen) atoms. The Labute approximate surface area is 148 Å². The van der Waals surface area contributed by atoms with E-state index in [0.29, 0.717) is 11.5 Å². The SMILES string of the molecule is COc1cc(Br)cc(Nc2ccnc3cc(OC)c(OC)cc23)c1. The number of halogens is 1. The van der Waals surface area contributed by atoms with Crippen molar-refractivity contribution < 1.29 is 14.2 Å². The average molecular weight is 389 g/mol. The highest BCUT2D eigenvalue weighted by Gasteiger charge is 2.10. The zero-order chi connectivity index (χ0) is 17.1. The lowest BCUT2D eigenvalue weighted by Crippen LogP contribution is -1.96. The van der Waals surface area contributed by atoms with Crippen molar-refractivity contribution in [2.75, 3.05) is 26.6 Å². The summed E-state index contributed by atoms with van der Waals surface area (Å²) in [5, 5.41) is 4.34. The van der Waals surface area contributed by atoms with Gasteiger partial charge in [0, 0.05) is 39.6 Å². The van der Waals surface area contributed by atoms with Crippen LogP contribution < -0.4 is 19.5 Å². The molecule has 2 aromatic carbocycles. The number of benzene rings is 2. The molecular formula is C18H17BrN2O3. The molecule has 1 heterocycles. The first-order valence-corrected chi connectivity index (χ1v) is 8.06. The van der Waals surface area contributed by atoms with E-state index in [1.165, 1.54) is 0 Å². The van der Waals surface area contributed by atoms with Gasteiger partial charge in [-0.05, 0) is 24.3 Å². The predicted molar refractivity (Wildman–Crippen MR) is 98.8 cm³/mol. The molecule has 0 atom stereocenters. The second kappa shape index (κ2) is 6.97. The maximum absolute atomic E-state index is 5.40. The normalized spacial score (nSPS) is 10.5. The third-order valence-electron chi connectivity index (χ3n) is 3.63. The molecule has 0 spiro atoms.